The van der Waals surface area contributed by atoms with Gasteiger partial charge in [-0.25, -0.2) is 0 Å². The summed E-state index contributed by atoms with van der Waals surface area (Å²) in [5.41, 5.74) is 2.13. The molecule has 0 spiro atoms. The van der Waals surface area contributed by atoms with Crippen molar-refractivity contribution in [2.24, 2.45) is 0 Å². The number of carbonyl (C=O) groups excluding carboxylic acids is 2. The molecule has 0 saturated carbocycles. The van der Waals surface area contributed by atoms with Gasteiger partial charge in [-0.3, -0.25) is 9.59 Å². The maximum Gasteiger partial charge on any atom is 0.277 e. The van der Waals surface area contributed by atoms with Gasteiger partial charge in [0.2, 0.25) is 17.7 Å². The van der Waals surface area contributed by atoms with E-state index in [1.165, 1.54) is 17.5 Å². The number of hydrogen-bond acceptors (Lipinski definition) is 6. The average Bonchev–Trinajstić information content (AvgIpc) is 3.07. The third kappa shape index (κ3) is 5.32. The summed E-state index contributed by atoms with van der Waals surface area (Å²) in [5.74, 6) is 0.134. The van der Waals surface area contributed by atoms with E-state index in [0.717, 1.165) is 17.3 Å². The Balaban J connectivity index is 1.95. The van der Waals surface area contributed by atoms with Gasteiger partial charge in [0.25, 0.3) is 5.22 Å². The van der Waals surface area contributed by atoms with Crippen molar-refractivity contribution in [2.75, 3.05) is 26.4 Å². The van der Waals surface area contributed by atoms with Crippen molar-refractivity contribution < 1.29 is 14.0 Å². The zero-order chi connectivity index (χ0) is 19.3. The molecule has 0 bridgehead atoms. The highest BCUT2D eigenvalue weighted by Crippen LogP contribution is 2.27. The number of nitrogens with one attached hydrogen (secondary N) is 1. The van der Waals surface area contributed by atoms with Crippen molar-refractivity contribution in [3.63, 3.8) is 0 Å². The molecule has 0 radical (unpaired) electrons. The smallest absolute Gasteiger partial charge is 0.277 e. The van der Waals surface area contributed by atoms with Gasteiger partial charge >= 0.3 is 0 Å². The molecule has 8 heteroatoms. The molecule has 140 valence electrons. The van der Waals surface area contributed by atoms with Crippen molar-refractivity contribution in [3.8, 4) is 11.5 Å². The van der Waals surface area contributed by atoms with Crippen molar-refractivity contribution in [1.29, 1.82) is 0 Å². The molecule has 7 nitrogen and oxygen atoms in total. The van der Waals surface area contributed by atoms with Crippen LogP contribution in [0.15, 0.2) is 33.9 Å². The normalized spacial score (nSPS) is 11.3. The highest BCUT2D eigenvalue weighted by Gasteiger charge is 2.17. The van der Waals surface area contributed by atoms with Gasteiger partial charge in [0.15, 0.2) is 0 Å². The van der Waals surface area contributed by atoms with E-state index in [4.69, 9.17) is 4.42 Å². The predicted molar refractivity (Wildman–Crippen MR) is 101 cm³/mol. The first kappa shape index (κ1) is 20.0. The topological polar surface area (TPSA) is 88.3 Å². The Bertz CT molecular complexity index is 765. The summed E-state index contributed by atoms with van der Waals surface area (Å²) in [4.78, 5) is 24.7. The summed E-state index contributed by atoms with van der Waals surface area (Å²) in [6.07, 6.45) is 0. The van der Waals surface area contributed by atoms with E-state index >= 15 is 0 Å². The molecule has 2 amide bonds. The number of hydrogen-bond donors (Lipinski definition) is 1. The number of carbonyl (C=O) groups is 2. The van der Waals surface area contributed by atoms with Crippen molar-refractivity contribution in [1.82, 2.24) is 20.4 Å². The first-order valence-electron chi connectivity index (χ1n) is 8.22. The van der Waals surface area contributed by atoms with Crippen LogP contribution in [0.4, 0.5) is 0 Å². The van der Waals surface area contributed by atoms with Crippen LogP contribution in [0.5, 0.6) is 0 Å². The Morgan fingerprint density at radius 2 is 1.85 bits per heavy atom. The molecule has 0 aliphatic heterocycles. The lowest BCUT2D eigenvalue weighted by atomic mass is 9.87. The zero-order valence-electron chi connectivity index (χ0n) is 15.7. The number of rotatable bonds is 6. The molecule has 26 heavy (non-hydrogen) atoms. The third-order valence-electron chi connectivity index (χ3n) is 3.81. The number of thioether (sulfide) groups is 1. The van der Waals surface area contributed by atoms with Gasteiger partial charge in [-0.05, 0) is 23.1 Å². The Morgan fingerprint density at radius 3 is 2.42 bits per heavy atom. The second kappa shape index (κ2) is 8.35. The minimum absolute atomic E-state index is 0.0190. The van der Waals surface area contributed by atoms with Crippen molar-refractivity contribution >= 4 is 23.6 Å². The van der Waals surface area contributed by atoms with E-state index in [1.807, 2.05) is 24.3 Å². The first-order valence-corrected chi connectivity index (χ1v) is 9.21. The summed E-state index contributed by atoms with van der Waals surface area (Å²) in [5, 5.41) is 10.8. The van der Waals surface area contributed by atoms with Crippen LogP contribution in [0.1, 0.15) is 26.3 Å². The molecule has 2 rings (SSSR count). The van der Waals surface area contributed by atoms with Crippen molar-refractivity contribution in [2.45, 2.75) is 31.4 Å². The van der Waals surface area contributed by atoms with Gasteiger partial charge in [0, 0.05) is 19.7 Å². The highest BCUT2D eigenvalue weighted by atomic mass is 32.2. The molecule has 0 aliphatic rings. The molecule has 0 aliphatic carbocycles. The van der Waals surface area contributed by atoms with Crippen LogP contribution < -0.4 is 5.32 Å². The molecule has 1 N–H and O–H groups in total. The quantitative estimate of drug-likeness (QED) is 0.779. The van der Waals surface area contributed by atoms with Gasteiger partial charge < -0.3 is 14.6 Å². The minimum atomic E-state index is -0.218. The fourth-order valence-electron chi connectivity index (χ4n) is 2.11. The molecule has 0 fully saturated rings. The Labute approximate surface area is 157 Å². The molecule has 2 aromatic rings. The van der Waals surface area contributed by atoms with Crippen LogP contribution in [-0.2, 0) is 15.0 Å². The summed E-state index contributed by atoms with van der Waals surface area (Å²) in [6, 6.07) is 7.99. The largest absolute Gasteiger partial charge is 0.411 e. The first-order chi connectivity index (χ1) is 12.2. The standard InChI is InChI=1S/C18H24N4O3S/c1-18(2,3)13-8-6-12(7-9-13)16-20-21-17(25-16)26-11-15(24)22(5)10-14(23)19-4/h6-9H,10-11H2,1-5H3,(H,19,23). The molecule has 0 unspecified atom stereocenters. The number of amides is 2. The van der Waals surface area contributed by atoms with Crippen LogP contribution in [0.3, 0.4) is 0 Å². The molecule has 1 aromatic heterocycles. The van der Waals surface area contributed by atoms with Gasteiger partial charge in [0.05, 0.1) is 12.3 Å². The summed E-state index contributed by atoms with van der Waals surface area (Å²) in [6.45, 7) is 6.48. The summed E-state index contributed by atoms with van der Waals surface area (Å²) in [7, 11) is 3.11. The third-order valence-corrected chi connectivity index (χ3v) is 4.61. The maximum absolute atomic E-state index is 12.0. The van der Waals surface area contributed by atoms with E-state index in [2.05, 4.69) is 36.3 Å². The van der Waals surface area contributed by atoms with Gasteiger partial charge in [-0.2, -0.15) is 0 Å². The molecule has 1 aromatic carbocycles. The number of likely N-dealkylation sites (N-methyl/N-ethyl adjacent to an activating group) is 2. The van der Waals surface area contributed by atoms with Crippen molar-refractivity contribution in [3.05, 3.63) is 29.8 Å². The SMILES string of the molecule is CNC(=O)CN(C)C(=O)CSc1nnc(-c2ccc(C(C)(C)C)cc2)o1. The second-order valence-corrected chi connectivity index (χ2v) is 7.84. The summed E-state index contributed by atoms with van der Waals surface area (Å²) < 4.78 is 5.62. The Hall–Kier alpha value is -2.35. The predicted octanol–water partition coefficient (Wildman–Crippen LogP) is 2.33. The van der Waals surface area contributed by atoms with E-state index in [-0.39, 0.29) is 29.5 Å². The van der Waals surface area contributed by atoms with E-state index < -0.39 is 0 Å². The van der Waals surface area contributed by atoms with E-state index in [9.17, 15) is 9.59 Å². The van der Waals surface area contributed by atoms with Gasteiger partial charge in [-0.15, -0.1) is 10.2 Å². The molecule has 0 atom stereocenters. The highest BCUT2D eigenvalue weighted by molar-refractivity contribution is 7.99. The Morgan fingerprint density at radius 1 is 1.19 bits per heavy atom. The van der Waals surface area contributed by atoms with Crippen LogP contribution in [0.2, 0.25) is 0 Å². The lowest BCUT2D eigenvalue weighted by Crippen LogP contribution is -2.37. The molecule has 1 heterocycles. The molecular formula is C18H24N4O3S. The lowest BCUT2D eigenvalue weighted by molar-refractivity contribution is -0.132. The summed E-state index contributed by atoms with van der Waals surface area (Å²) >= 11 is 1.15. The zero-order valence-corrected chi connectivity index (χ0v) is 16.5. The number of benzene rings is 1. The van der Waals surface area contributed by atoms with E-state index in [0.29, 0.717) is 11.1 Å². The second-order valence-electron chi connectivity index (χ2n) is 6.91. The molecular weight excluding hydrogens is 352 g/mol. The van der Waals surface area contributed by atoms with Crippen LogP contribution >= 0.6 is 11.8 Å². The van der Waals surface area contributed by atoms with E-state index in [1.54, 1.807) is 7.05 Å². The van der Waals surface area contributed by atoms with Gasteiger partial charge in [0.1, 0.15) is 0 Å². The molecule has 0 saturated heterocycles. The fourth-order valence-corrected chi connectivity index (χ4v) is 2.82. The number of aromatic nitrogens is 2. The lowest BCUT2D eigenvalue weighted by Gasteiger charge is -2.18. The van der Waals surface area contributed by atoms with Gasteiger partial charge in [-0.1, -0.05) is 44.7 Å². The van der Waals surface area contributed by atoms with Crippen LogP contribution in [-0.4, -0.2) is 53.3 Å². The Kier molecular flexibility index (Phi) is 6.42. The monoisotopic (exact) mass is 376 g/mol. The average molecular weight is 376 g/mol. The number of nitrogens with zero attached hydrogens (tertiary/aromatic N) is 3. The maximum atomic E-state index is 12.0. The van der Waals surface area contributed by atoms with Crippen LogP contribution in [0.25, 0.3) is 11.5 Å². The van der Waals surface area contributed by atoms with Crippen LogP contribution in [0, 0.1) is 0 Å². The minimum Gasteiger partial charge on any atom is -0.411 e. The fraction of sp³-hybridized carbons (Fsp3) is 0.444.